The van der Waals surface area contributed by atoms with Gasteiger partial charge in [-0.05, 0) is 34.5 Å². The molecule has 1 N–H and O–H groups in total. The summed E-state index contributed by atoms with van der Waals surface area (Å²) in [5, 5.41) is 5.11. The summed E-state index contributed by atoms with van der Waals surface area (Å²) in [6.45, 7) is 0. The van der Waals surface area contributed by atoms with Crippen molar-refractivity contribution in [1.82, 2.24) is 0 Å². The molecule has 4 heteroatoms. The molecule has 2 nitrogen and oxygen atoms in total. The summed E-state index contributed by atoms with van der Waals surface area (Å²) in [4.78, 5) is 12.1. The summed E-state index contributed by atoms with van der Waals surface area (Å²) in [5.74, 6) is -0.624. The highest BCUT2D eigenvalue weighted by molar-refractivity contribution is 6.33. The second kappa shape index (κ2) is 6.16. The van der Waals surface area contributed by atoms with Crippen molar-refractivity contribution in [3.8, 4) is 0 Å². The number of fused-ring (bicyclic) bond motifs is 1. The van der Waals surface area contributed by atoms with Crippen molar-refractivity contribution in [2.45, 2.75) is 6.42 Å². The van der Waals surface area contributed by atoms with E-state index in [4.69, 9.17) is 11.6 Å². The molecule has 0 saturated carbocycles. The first kappa shape index (κ1) is 14.5. The smallest absolute Gasteiger partial charge is 0.228 e. The Bertz CT molecular complexity index is 847. The third kappa shape index (κ3) is 3.26. The summed E-state index contributed by atoms with van der Waals surface area (Å²) >= 11 is 5.90. The van der Waals surface area contributed by atoms with Crippen molar-refractivity contribution in [3.63, 3.8) is 0 Å². The molecule has 3 aromatic carbocycles. The normalized spacial score (nSPS) is 10.6. The average molecular weight is 314 g/mol. The van der Waals surface area contributed by atoms with E-state index in [2.05, 4.69) is 5.32 Å². The van der Waals surface area contributed by atoms with Gasteiger partial charge in [0.15, 0.2) is 0 Å². The Kier molecular flexibility index (Phi) is 4.07. The van der Waals surface area contributed by atoms with Gasteiger partial charge in [0.05, 0.1) is 17.1 Å². The summed E-state index contributed by atoms with van der Waals surface area (Å²) in [6, 6.07) is 17.8. The summed E-state index contributed by atoms with van der Waals surface area (Å²) in [5.41, 5.74) is 1.32. The standard InChI is InChI=1S/C18H13ClFNO/c19-16-11-15(20)7-8-17(16)21-18(22)10-12-5-6-13-3-1-2-4-14(13)9-12/h1-9,11H,10H2,(H,21,22). The van der Waals surface area contributed by atoms with Gasteiger partial charge in [-0.3, -0.25) is 4.79 Å². The van der Waals surface area contributed by atoms with Gasteiger partial charge in [-0.15, -0.1) is 0 Å². The zero-order valence-electron chi connectivity index (χ0n) is 11.6. The van der Waals surface area contributed by atoms with E-state index in [0.29, 0.717) is 5.69 Å². The minimum atomic E-state index is -0.433. The fourth-order valence-electron chi connectivity index (χ4n) is 2.32. The van der Waals surface area contributed by atoms with Gasteiger partial charge in [0.1, 0.15) is 5.82 Å². The lowest BCUT2D eigenvalue weighted by atomic mass is 10.0. The maximum atomic E-state index is 13.0. The van der Waals surface area contributed by atoms with Crippen molar-refractivity contribution in [2.24, 2.45) is 0 Å². The van der Waals surface area contributed by atoms with Gasteiger partial charge in [0, 0.05) is 0 Å². The number of carbonyl (C=O) groups is 1. The van der Waals surface area contributed by atoms with Crippen molar-refractivity contribution in [1.29, 1.82) is 0 Å². The lowest BCUT2D eigenvalue weighted by Crippen LogP contribution is -2.14. The van der Waals surface area contributed by atoms with Crippen LogP contribution in [0, 0.1) is 5.82 Å². The molecule has 0 aromatic heterocycles. The van der Waals surface area contributed by atoms with Gasteiger partial charge in [0.25, 0.3) is 0 Å². The molecule has 0 atom stereocenters. The number of anilines is 1. The monoisotopic (exact) mass is 313 g/mol. The fraction of sp³-hybridized carbons (Fsp3) is 0.0556. The summed E-state index contributed by atoms with van der Waals surface area (Å²) < 4.78 is 13.0. The van der Waals surface area contributed by atoms with Crippen molar-refractivity contribution < 1.29 is 9.18 Å². The molecule has 0 bridgehead atoms. The van der Waals surface area contributed by atoms with E-state index < -0.39 is 5.82 Å². The molecular formula is C18H13ClFNO. The molecule has 0 radical (unpaired) electrons. The van der Waals surface area contributed by atoms with Gasteiger partial charge in [-0.25, -0.2) is 4.39 Å². The Labute approximate surface area is 132 Å². The fourth-order valence-corrected chi connectivity index (χ4v) is 2.53. The van der Waals surface area contributed by atoms with Crippen LogP contribution in [-0.4, -0.2) is 5.91 Å². The number of rotatable bonds is 3. The van der Waals surface area contributed by atoms with Gasteiger partial charge in [0.2, 0.25) is 5.91 Å². The molecule has 1 amide bonds. The van der Waals surface area contributed by atoms with Crippen molar-refractivity contribution >= 4 is 34.0 Å². The van der Waals surface area contributed by atoms with Crippen LogP contribution < -0.4 is 5.32 Å². The lowest BCUT2D eigenvalue weighted by molar-refractivity contribution is -0.115. The van der Waals surface area contributed by atoms with Crippen LogP contribution in [0.5, 0.6) is 0 Å². The zero-order valence-corrected chi connectivity index (χ0v) is 12.4. The predicted molar refractivity (Wildman–Crippen MR) is 87.7 cm³/mol. The van der Waals surface area contributed by atoms with E-state index in [1.807, 2.05) is 42.5 Å². The molecular weight excluding hydrogens is 301 g/mol. The first-order chi connectivity index (χ1) is 10.6. The molecule has 0 aliphatic rings. The molecule has 0 aliphatic carbocycles. The highest BCUT2D eigenvalue weighted by Crippen LogP contribution is 2.23. The SMILES string of the molecule is O=C(Cc1ccc2ccccc2c1)Nc1ccc(F)cc1Cl. The minimum Gasteiger partial charge on any atom is -0.324 e. The number of halogens is 2. The van der Waals surface area contributed by atoms with Crippen molar-refractivity contribution in [3.05, 3.63) is 77.1 Å². The van der Waals surface area contributed by atoms with Gasteiger partial charge < -0.3 is 5.32 Å². The molecule has 22 heavy (non-hydrogen) atoms. The Morgan fingerprint density at radius 3 is 2.55 bits per heavy atom. The van der Waals surface area contributed by atoms with Gasteiger partial charge in [-0.2, -0.15) is 0 Å². The van der Waals surface area contributed by atoms with E-state index in [0.717, 1.165) is 16.3 Å². The van der Waals surface area contributed by atoms with Crippen LogP contribution in [0.2, 0.25) is 5.02 Å². The third-order valence-corrected chi connectivity index (χ3v) is 3.70. The van der Waals surface area contributed by atoms with Crippen LogP contribution in [0.1, 0.15) is 5.56 Å². The topological polar surface area (TPSA) is 29.1 Å². The number of benzene rings is 3. The maximum Gasteiger partial charge on any atom is 0.228 e. The van der Waals surface area contributed by atoms with Crippen LogP contribution >= 0.6 is 11.6 Å². The maximum absolute atomic E-state index is 13.0. The van der Waals surface area contributed by atoms with E-state index in [9.17, 15) is 9.18 Å². The van der Waals surface area contributed by atoms with Crippen LogP contribution in [0.15, 0.2) is 60.7 Å². The minimum absolute atomic E-state index is 0.187. The molecule has 110 valence electrons. The molecule has 0 fully saturated rings. The Morgan fingerprint density at radius 1 is 1.00 bits per heavy atom. The van der Waals surface area contributed by atoms with Crippen LogP contribution in [0.3, 0.4) is 0 Å². The van der Waals surface area contributed by atoms with Crippen LogP contribution in [0.25, 0.3) is 10.8 Å². The third-order valence-electron chi connectivity index (χ3n) is 3.38. The molecule has 3 rings (SSSR count). The quantitative estimate of drug-likeness (QED) is 0.738. The molecule has 0 heterocycles. The summed E-state index contributed by atoms with van der Waals surface area (Å²) in [6.07, 6.45) is 0.235. The number of hydrogen-bond acceptors (Lipinski definition) is 1. The predicted octanol–water partition coefficient (Wildman–Crippen LogP) is 4.81. The first-order valence-electron chi connectivity index (χ1n) is 6.84. The lowest BCUT2D eigenvalue weighted by Gasteiger charge is -2.08. The van der Waals surface area contributed by atoms with E-state index in [1.54, 1.807) is 0 Å². The summed E-state index contributed by atoms with van der Waals surface area (Å²) in [7, 11) is 0. The Hall–Kier alpha value is -2.39. The average Bonchev–Trinajstić information content (AvgIpc) is 2.50. The van der Waals surface area contributed by atoms with E-state index in [-0.39, 0.29) is 17.4 Å². The Balaban J connectivity index is 1.75. The molecule has 3 aromatic rings. The second-order valence-corrected chi connectivity index (χ2v) is 5.44. The van der Waals surface area contributed by atoms with Gasteiger partial charge in [-0.1, -0.05) is 54.1 Å². The number of hydrogen-bond donors (Lipinski definition) is 1. The number of amides is 1. The van der Waals surface area contributed by atoms with Crippen LogP contribution in [-0.2, 0) is 11.2 Å². The van der Waals surface area contributed by atoms with Gasteiger partial charge >= 0.3 is 0 Å². The number of nitrogens with one attached hydrogen (secondary N) is 1. The Morgan fingerprint density at radius 2 is 1.77 bits per heavy atom. The van der Waals surface area contributed by atoms with E-state index in [1.165, 1.54) is 18.2 Å². The van der Waals surface area contributed by atoms with Crippen LogP contribution in [0.4, 0.5) is 10.1 Å². The zero-order chi connectivity index (χ0) is 15.5. The molecule has 0 saturated heterocycles. The first-order valence-corrected chi connectivity index (χ1v) is 7.22. The van der Waals surface area contributed by atoms with E-state index >= 15 is 0 Å². The second-order valence-electron chi connectivity index (χ2n) is 5.03. The highest BCUT2D eigenvalue weighted by Gasteiger charge is 2.08. The highest BCUT2D eigenvalue weighted by atomic mass is 35.5. The molecule has 0 spiro atoms. The largest absolute Gasteiger partial charge is 0.324 e. The molecule has 0 aliphatic heterocycles. The number of carbonyl (C=O) groups excluding carboxylic acids is 1. The molecule has 0 unspecified atom stereocenters. The van der Waals surface area contributed by atoms with Crippen molar-refractivity contribution in [2.75, 3.05) is 5.32 Å².